The number of fused-ring (bicyclic) bond motifs is 1. The summed E-state index contributed by atoms with van der Waals surface area (Å²) in [6.07, 6.45) is 0.942. The number of hydrogen-bond donors (Lipinski definition) is 1. The molecule has 0 saturated carbocycles. The molecule has 3 rings (SSSR count). The molecule has 1 atom stereocenters. The van der Waals surface area contributed by atoms with E-state index in [4.69, 9.17) is 14.9 Å². The number of rotatable bonds is 2. The van der Waals surface area contributed by atoms with Crippen LogP contribution in [0.25, 0.3) is 0 Å². The Hall–Kier alpha value is -1.26. The maximum atomic E-state index is 6.41. The summed E-state index contributed by atoms with van der Waals surface area (Å²) >= 11 is 3.55. The molecule has 100 valence electrons. The van der Waals surface area contributed by atoms with E-state index in [2.05, 4.69) is 22.0 Å². The van der Waals surface area contributed by atoms with Gasteiger partial charge in [0.05, 0.1) is 12.6 Å². The molecule has 19 heavy (non-hydrogen) atoms. The normalized spacial score (nSPS) is 15.2. The lowest BCUT2D eigenvalue weighted by atomic mass is 9.97. The zero-order chi connectivity index (χ0) is 13.6. The van der Waals surface area contributed by atoms with Gasteiger partial charge in [-0.1, -0.05) is 15.9 Å². The molecular formula is C15H16BrNO2. The highest BCUT2D eigenvalue weighted by atomic mass is 79.9. The number of aryl methyl sites for hydroxylation is 2. The second-order valence-electron chi connectivity index (χ2n) is 4.93. The van der Waals surface area contributed by atoms with E-state index in [1.54, 1.807) is 0 Å². The van der Waals surface area contributed by atoms with Crippen LogP contribution in [0.15, 0.2) is 27.1 Å². The molecule has 0 aliphatic carbocycles. The molecule has 3 nitrogen and oxygen atoms in total. The SMILES string of the molecule is Cc1cc(C(N)c2cc(Br)cc3c2OCC3)c(C)o1. The van der Waals surface area contributed by atoms with Crippen LogP contribution in [0.1, 0.15) is 34.3 Å². The Labute approximate surface area is 120 Å². The first-order valence-corrected chi connectivity index (χ1v) is 7.13. The van der Waals surface area contributed by atoms with Gasteiger partial charge in [0.1, 0.15) is 17.3 Å². The Morgan fingerprint density at radius 3 is 2.68 bits per heavy atom. The summed E-state index contributed by atoms with van der Waals surface area (Å²) in [5, 5.41) is 0. The Kier molecular flexibility index (Phi) is 3.15. The van der Waals surface area contributed by atoms with Gasteiger partial charge in [0.2, 0.25) is 0 Å². The fourth-order valence-electron chi connectivity index (χ4n) is 2.66. The maximum absolute atomic E-state index is 6.41. The van der Waals surface area contributed by atoms with Crippen LogP contribution in [-0.4, -0.2) is 6.61 Å². The van der Waals surface area contributed by atoms with Crippen molar-refractivity contribution in [1.29, 1.82) is 0 Å². The first kappa shape index (κ1) is 12.8. The third kappa shape index (κ3) is 2.19. The highest BCUT2D eigenvalue weighted by Gasteiger charge is 2.24. The van der Waals surface area contributed by atoms with Crippen molar-refractivity contribution >= 4 is 15.9 Å². The molecule has 4 heteroatoms. The zero-order valence-electron chi connectivity index (χ0n) is 11.0. The molecule has 0 spiro atoms. The summed E-state index contributed by atoms with van der Waals surface area (Å²) < 4.78 is 12.4. The number of hydrogen-bond acceptors (Lipinski definition) is 3. The highest BCUT2D eigenvalue weighted by molar-refractivity contribution is 9.10. The average molecular weight is 322 g/mol. The third-order valence-electron chi connectivity index (χ3n) is 3.53. The van der Waals surface area contributed by atoms with Crippen molar-refractivity contribution in [2.45, 2.75) is 26.3 Å². The van der Waals surface area contributed by atoms with Crippen LogP contribution < -0.4 is 10.5 Å². The lowest BCUT2D eigenvalue weighted by molar-refractivity contribution is 0.352. The molecular weight excluding hydrogens is 306 g/mol. The molecule has 0 bridgehead atoms. The van der Waals surface area contributed by atoms with Gasteiger partial charge >= 0.3 is 0 Å². The fraction of sp³-hybridized carbons (Fsp3) is 0.333. The first-order valence-electron chi connectivity index (χ1n) is 6.34. The molecule has 1 aliphatic rings. The van der Waals surface area contributed by atoms with Crippen molar-refractivity contribution in [3.05, 3.63) is 50.9 Å². The summed E-state index contributed by atoms with van der Waals surface area (Å²) in [6, 6.07) is 5.92. The summed E-state index contributed by atoms with van der Waals surface area (Å²) in [7, 11) is 0. The minimum absolute atomic E-state index is 0.221. The van der Waals surface area contributed by atoms with Crippen LogP contribution >= 0.6 is 15.9 Å². The van der Waals surface area contributed by atoms with Crippen molar-refractivity contribution in [3.8, 4) is 5.75 Å². The number of halogens is 1. The molecule has 1 aliphatic heterocycles. The van der Waals surface area contributed by atoms with Crippen molar-refractivity contribution in [3.63, 3.8) is 0 Å². The summed E-state index contributed by atoms with van der Waals surface area (Å²) in [6.45, 7) is 4.61. The Bertz CT molecular complexity index is 633. The van der Waals surface area contributed by atoms with Gasteiger partial charge < -0.3 is 14.9 Å². The van der Waals surface area contributed by atoms with E-state index < -0.39 is 0 Å². The highest BCUT2D eigenvalue weighted by Crippen LogP contribution is 2.38. The quantitative estimate of drug-likeness (QED) is 0.918. The van der Waals surface area contributed by atoms with Crippen LogP contribution in [0.3, 0.4) is 0 Å². The minimum Gasteiger partial charge on any atom is -0.493 e. The smallest absolute Gasteiger partial charge is 0.127 e. The molecule has 1 aromatic carbocycles. The Morgan fingerprint density at radius 1 is 1.21 bits per heavy atom. The van der Waals surface area contributed by atoms with E-state index in [0.717, 1.165) is 45.9 Å². The topological polar surface area (TPSA) is 48.4 Å². The average Bonchev–Trinajstić information content (AvgIpc) is 2.93. The van der Waals surface area contributed by atoms with Gasteiger partial charge in [-0.2, -0.15) is 0 Å². The van der Waals surface area contributed by atoms with Crippen molar-refractivity contribution < 1.29 is 9.15 Å². The number of furan rings is 1. The van der Waals surface area contributed by atoms with Gasteiger partial charge in [-0.3, -0.25) is 0 Å². The van der Waals surface area contributed by atoms with Gasteiger partial charge in [0, 0.05) is 22.0 Å². The number of ether oxygens (including phenoxy) is 1. The van der Waals surface area contributed by atoms with E-state index in [1.165, 1.54) is 5.56 Å². The summed E-state index contributed by atoms with van der Waals surface area (Å²) in [5.74, 6) is 2.70. The largest absolute Gasteiger partial charge is 0.493 e. The monoisotopic (exact) mass is 321 g/mol. The molecule has 1 aromatic heterocycles. The van der Waals surface area contributed by atoms with Crippen LogP contribution in [0.2, 0.25) is 0 Å². The van der Waals surface area contributed by atoms with E-state index in [1.807, 2.05) is 26.0 Å². The van der Waals surface area contributed by atoms with E-state index >= 15 is 0 Å². The predicted octanol–water partition coefficient (Wildman–Crippen LogP) is 3.64. The fourth-order valence-corrected chi connectivity index (χ4v) is 3.18. The lowest BCUT2D eigenvalue weighted by Crippen LogP contribution is -2.13. The molecule has 0 saturated heterocycles. The van der Waals surface area contributed by atoms with Gasteiger partial charge in [-0.05, 0) is 37.6 Å². The maximum Gasteiger partial charge on any atom is 0.127 e. The minimum atomic E-state index is -0.221. The second-order valence-corrected chi connectivity index (χ2v) is 5.84. The van der Waals surface area contributed by atoms with E-state index in [0.29, 0.717) is 0 Å². The van der Waals surface area contributed by atoms with Gasteiger partial charge in [0.15, 0.2) is 0 Å². The predicted molar refractivity (Wildman–Crippen MR) is 77.6 cm³/mol. The molecule has 0 radical (unpaired) electrons. The molecule has 0 fully saturated rings. The van der Waals surface area contributed by atoms with Crippen LogP contribution in [0.5, 0.6) is 5.75 Å². The van der Waals surface area contributed by atoms with Crippen molar-refractivity contribution in [2.24, 2.45) is 5.73 Å². The van der Waals surface area contributed by atoms with Gasteiger partial charge in [-0.25, -0.2) is 0 Å². The Balaban J connectivity index is 2.09. The molecule has 0 amide bonds. The zero-order valence-corrected chi connectivity index (χ0v) is 12.6. The lowest BCUT2D eigenvalue weighted by Gasteiger charge is -2.15. The van der Waals surface area contributed by atoms with Crippen molar-refractivity contribution in [1.82, 2.24) is 0 Å². The third-order valence-corrected chi connectivity index (χ3v) is 3.98. The van der Waals surface area contributed by atoms with Crippen molar-refractivity contribution in [2.75, 3.05) is 6.61 Å². The van der Waals surface area contributed by atoms with Gasteiger partial charge in [0.25, 0.3) is 0 Å². The standard InChI is InChI=1S/C15H16BrNO2/c1-8-5-12(9(2)19-8)14(17)13-7-11(16)6-10-3-4-18-15(10)13/h5-7,14H,3-4,17H2,1-2H3. The Morgan fingerprint density at radius 2 is 2.00 bits per heavy atom. The summed E-state index contributed by atoms with van der Waals surface area (Å²) in [4.78, 5) is 0. The van der Waals surface area contributed by atoms with Gasteiger partial charge in [-0.15, -0.1) is 0 Å². The number of benzene rings is 1. The first-order chi connectivity index (χ1) is 9.06. The van der Waals surface area contributed by atoms with Crippen LogP contribution in [0.4, 0.5) is 0 Å². The molecule has 2 N–H and O–H groups in total. The number of nitrogens with two attached hydrogens (primary N) is 1. The molecule has 2 heterocycles. The van der Waals surface area contributed by atoms with E-state index in [9.17, 15) is 0 Å². The van der Waals surface area contributed by atoms with E-state index in [-0.39, 0.29) is 6.04 Å². The second kappa shape index (κ2) is 4.69. The van der Waals surface area contributed by atoms with Crippen LogP contribution in [0, 0.1) is 13.8 Å². The molecule has 1 unspecified atom stereocenters. The molecule has 2 aromatic rings. The summed E-state index contributed by atoms with van der Waals surface area (Å²) in [5.41, 5.74) is 9.67. The van der Waals surface area contributed by atoms with Crippen LogP contribution in [-0.2, 0) is 6.42 Å².